The van der Waals surface area contributed by atoms with Crippen molar-refractivity contribution in [2.24, 2.45) is 0 Å². The van der Waals surface area contributed by atoms with Crippen LogP contribution in [-0.2, 0) is 4.74 Å². The van der Waals surface area contributed by atoms with Crippen LogP contribution in [-0.4, -0.2) is 55.8 Å². The van der Waals surface area contributed by atoms with Gasteiger partial charge in [0.2, 0.25) is 0 Å². The smallest absolute Gasteiger partial charge is 0.126 e. The molecule has 1 aliphatic heterocycles. The summed E-state index contributed by atoms with van der Waals surface area (Å²) in [7, 11) is 0. The Morgan fingerprint density at radius 2 is 2.00 bits per heavy atom. The van der Waals surface area contributed by atoms with Crippen molar-refractivity contribution in [1.82, 2.24) is 0 Å². The van der Waals surface area contributed by atoms with Gasteiger partial charge in [-0.25, -0.2) is 0 Å². The first-order valence-electron chi connectivity index (χ1n) is 4.03. The molecule has 0 aliphatic carbocycles. The van der Waals surface area contributed by atoms with Gasteiger partial charge in [-0.1, -0.05) is 0 Å². The molecular formula is C7H16NO3+. The average Bonchev–Trinajstić information content (AvgIpc) is 2.06. The zero-order chi connectivity index (χ0) is 8.10. The number of morpholine rings is 1. The van der Waals surface area contributed by atoms with Crippen LogP contribution in [0.15, 0.2) is 0 Å². The highest BCUT2D eigenvalue weighted by atomic mass is 16.5. The number of nitrogens with one attached hydrogen (secondary N) is 1. The summed E-state index contributed by atoms with van der Waals surface area (Å²) >= 11 is 0. The monoisotopic (exact) mass is 162 g/mol. The number of ether oxygens (including phenoxy) is 1. The summed E-state index contributed by atoms with van der Waals surface area (Å²) in [4.78, 5) is 1.32. The number of aliphatic hydroxyl groups is 2. The molecule has 3 N–H and O–H groups in total. The van der Waals surface area contributed by atoms with E-state index in [0.717, 1.165) is 26.3 Å². The summed E-state index contributed by atoms with van der Waals surface area (Å²) in [5.74, 6) is 0. The van der Waals surface area contributed by atoms with Crippen LogP contribution in [0.1, 0.15) is 0 Å². The predicted molar refractivity (Wildman–Crippen MR) is 39.5 cm³/mol. The third-order valence-corrected chi connectivity index (χ3v) is 1.93. The zero-order valence-corrected chi connectivity index (χ0v) is 6.62. The summed E-state index contributed by atoms with van der Waals surface area (Å²) in [6.07, 6.45) is -0.567. The van der Waals surface area contributed by atoms with Crippen LogP contribution in [0.2, 0.25) is 0 Å². The van der Waals surface area contributed by atoms with Crippen molar-refractivity contribution >= 4 is 0 Å². The second-order valence-electron chi connectivity index (χ2n) is 2.90. The van der Waals surface area contributed by atoms with E-state index in [1.54, 1.807) is 0 Å². The van der Waals surface area contributed by atoms with Crippen molar-refractivity contribution in [1.29, 1.82) is 0 Å². The lowest BCUT2D eigenvalue weighted by atomic mass is 10.3. The molecule has 1 atom stereocenters. The molecule has 66 valence electrons. The summed E-state index contributed by atoms with van der Waals surface area (Å²) in [5, 5.41) is 17.7. The Morgan fingerprint density at radius 1 is 1.36 bits per heavy atom. The molecular weight excluding hydrogens is 146 g/mol. The van der Waals surface area contributed by atoms with Gasteiger partial charge >= 0.3 is 0 Å². The molecule has 4 nitrogen and oxygen atoms in total. The van der Waals surface area contributed by atoms with Crippen LogP contribution >= 0.6 is 0 Å². The highest BCUT2D eigenvalue weighted by Crippen LogP contribution is 1.78. The van der Waals surface area contributed by atoms with Gasteiger partial charge in [0.25, 0.3) is 0 Å². The van der Waals surface area contributed by atoms with Crippen LogP contribution < -0.4 is 4.90 Å². The zero-order valence-electron chi connectivity index (χ0n) is 6.62. The van der Waals surface area contributed by atoms with Crippen LogP contribution in [0.5, 0.6) is 0 Å². The van der Waals surface area contributed by atoms with E-state index in [-0.39, 0.29) is 6.61 Å². The number of hydrogen-bond donors (Lipinski definition) is 3. The minimum atomic E-state index is -0.567. The van der Waals surface area contributed by atoms with E-state index >= 15 is 0 Å². The Labute approximate surface area is 66.4 Å². The number of quaternary nitrogens is 1. The van der Waals surface area contributed by atoms with Crippen molar-refractivity contribution < 1.29 is 19.8 Å². The van der Waals surface area contributed by atoms with Gasteiger partial charge in [0.05, 0.1) is 19.8 Å². The minimum absolute atomic E-state index is 0.135. The lowest BCUT2D eigenvalue weighted by Gasteiger charge is -2.25. The first-order chi connectivity index (χ1) is 5.33. The van der Waals surface area contributed by atoms with E-state index < -0.39 is 6.10 Å². The van der Waals surface area contributed by atoms with Gasteiger partial charge in [0.1, 0.15) is 25.7 Å². The Morgan fingerprint density at radius 3 is 2.55 bits per heavy atom. The average molecular weight is 162 g/mol. The predicted octanol–water partition coefficient (Wildman–Crippen LogP) is -2.75. The van der Waals surface area contributed by atoms with Gasteiger partial charge in [-0.2, -0.15) is 0 Å². The molecule has 1 heterocycles. The van der Waals surface area contributed by atoms with Gasteiger partial charge < -0.3 is 19.8 Å². The van der Waals surface area contributed by atoms with Gasteiger partial charge in [-0.15, -0.1) is 0 Å². The van der Waals surface area contributed by atoms with Crippen LogP contribution in [0.25, 0.3) is 0 Å². The SMILES string of the molecule is OCC(O)C[NH+]1CCOCC1. The lowest BCUT2D eigenvalue weighted by molar-refractivity contribution is -0.911. The van der Waals surface area contributed by atoms with E-state index in [1.807, 2.05) is 0 Å². The number of rotatable bonds is 3. The fourth-order valence-corrected chi connectivity index (χ4v) is 1.26. The quantitative estimate of drug-likeness (QED) is 0.422. The van der Waals surface area contributed by atoms with Crippen molar-refractivity contribution in [2.75, 3.05) is 39.5 Å². The first-order valence-corrected chi connectivity index (χ1v) is 4.03. The summed E-state index contributed by atoms with van der Waals surface area (Å²) < 4.78 is 5.15. The summed E-state index contributed by atoms with van der Waals surface area (Å²) in [6.45, 7) is 3.93. The molecule has 1 fully saturated rings. The molecule has 0 spiro atoms. The number of aliphatic hydroxyl groups excluding tert-OH is 2. The molecule has 0 bridgehead atoms. The maximum Gasteiger partial charge on any atom is 0.126 e. The van der Waals surface area contributed by atoms with Crippen molar-refractivity contribution in [3.05, 3.63) is 0 Å². The Hall–Kier alpha value is -0.160. The molecule has 0 aromatic heterocycles. The lowest BCUT2D eigenvalue weighted by Crippen LogP contribution is -3.15. The van der Waals surface area contributed by atoms with Gasteiger partial charge in [0.15, 0.2) is 0 Å². The maximum absolute atomic E-state index is 9.10. The third-order valence-electron chi connectivity index (χ3n) is 1.93. The van der Waals surface area contributed by atoms with Crippen molar-refractivity contribution in [3.63, 3.8) is 0 Å². The topological polar surface area (TPSA) is 54.1 Å². The van der Waals surface area contributed by atoms with Crippen LogP contribution in [0.4, 0.5) is 0 Å². The van der Waals surface area contributed by atoms with Gasteiger partial charge in [0, 0.05) is 0 Å². The Bertz CT molecular complexity index is 104. The molecule has 1 rings (SSSR count). The highest BCUT2D eigenvalue weighted by Gasteiger charge is 2.16. The molecule has 0 amide bonds. The van der Waals surface area contributed by atoms with E-state index in [1.165, 1.54) is 4.90 Å². The third kappa shape index (κ3) is 3.16. The molecule has 1 unspecified atom stereocenters. The van der Waals surface area contributed by atoms with Gasteiger partial charge in [-0.3, -0.25) is 0 Å². The van der Waals surface area contributed by atoms with E-state index in [4.69, 9.17) is 14.9 Å². The molecule has 0 aromatic rings. The molecule has 0 saturated carbocycles. The largest absolute Gasteiger partial charge is 0.393 e. The van der Waals surface area contributed by atoms with Crippen molar-refractivity contribution in [3.8, 4) is 0 Å². The normalized spacial score (nSPS) is 23.5. The molecule has 11 heavy (non-hydrogen) atoms. The Kier molecular flexibility index (Phi) is 3.79. The highest BCUT2D eigenvalue weighted by molar-refractivity contribution is 4.49. The van der Waals surface area contributed by atoms with E-state index in [2.05, 4.69) is 0 Å². The van der Waals surface area contributed by atoms with E-state index in [9.17, 15) is 0 Å². The van der Waals surface area contributed by atoms with Crippen LogP contribution in [0, 0.1) is 0 Å². The van der Waals surface area contributed by atoms with Crippen LogP contribution in [0.3, 0.4) is 0 Å². The Balaban J connectivity index is 2.13. The summed E-state index contributed by atoms with van der Waals surface area (Å²) in [6, 6.07) is 0. The fraction of sp³-hybridized carbons (Fsp3) is 1.00. The standard InChI is InChI=1S/C7H15NO3/c9-6-7(10)5-8-1-3-11-4-2-8/h7,9-10H,1-6H2/p+1. The van der Waals surface area contributed by atoms with E-state index in [0.29, 0.717) is 6.54 Å². The second kappa shape index (κ2) is 4.66. The van der Waals surface area contributed by atoms with Gasteiger partial charge in [-0.05, 0) is 0 Å². The molecule has 4 heteroatoms. The molecule has 0 radical (unpaired) electrons. The summed E-state index contributed by atoms with van der Waals surface area (Å²) in [5.41, 5.74) is 0. The maximum atomic E-state index is 9.10. The fourth-order valence-electron chi connectivity index (χ4n) is 1.26. The molecule has 0 aromatic carbocycles. The second-order valence-corrected chi connectivity index (χ2v) is 2.90. The first kappa shape index (κ1) is 8.93. The number of hydrogen-bond acceptors (Lipinski definition) is 3. The van der Waals surface area contributed by atoms with Crippen molar-refractivity contribution in [2.45, 2.75) is 6.10 Å². The minimum Gasteiger partial charge on any atom is -0.393 e. The molecule has 1 aliphatic rings. The molecule has 1 saturated heterocycles.